The van der Waals surface area contributed by atoms with Gasteiger partial charge in [0, 0.05) is 0 Å². The zero-order chi connectivity index (χ0) is 10.6. The third-order valence-electron chi connectivity index (χ3n) is 2.35. The summed E-state index contributed by atoms with van der Waals surface area (Å²) in [5, 5.41) is 8.92. The third kappa shape index (κ3) is 2.59. The first kappa shape index (κ1) is 10.8. The molecule has 1 aromatic rings. The first-order valence-corrected chi connectivity index (χ1v) is 4.98. The summed E-state index contributed by atoms with van der Waals surface area (Å²) in [4.78, 5) is 10.8. The molecule has 0 saturated carbocycles. The predicted molar refractivity (Wildman–Crippen MR) is 56.8 cm³/mol. The fourth-order valence-corrected chi connectivity index (χ4v) is 1.44. The van der Waals surface area contributed by atoms with Crippen molar-refractivity contribution in [3.8, 4) is 0 Å². The largest absolute Gasteiger partial charge is 0.478 e. The number of aryl methyl sites for hydroxylation is 2. The van der Waals surface area contributed by atoms with Crippen molar-refractivity contribution in [1.29, 1.82) is 0 Å². The first-order chi connectivity index (χ1) is 6.65. The molecule has 1 rings (SSSR count). The van der Waals surface area contributed by atoms with Crippen molar-refractivity contribution in [3.05, 3.63) is 34.9 Å². The summed E-state index contributed by atoms with van der Waals surface area (Å²) in [5.74, 6) is -0.833. The van der Waals surface area contributed by atoms with E-state index >= 15 is 0 Å². The number of aromatic carboxylic acids is 1. The second kappa shape index (κ2) is 4.80. The monoisotopic (exact) mass is 192 g/mol. The second-order valence-corrected chi connectivity index (χ2v) is 3.56. The molecule has 0 unspecified atom stereocenters. The lowest BCUT2D eigenvalue weighted by molar-refractivity contribution is 0.0696. The molecule has 0 atom stereocenters. The van der Waals surface area contributed by atoms with Crippen LogP contribution >= 0.6 is 0 Å². The number of unbranched alkanes of at least 4 members (excludes halogenated alkanes) is 1. The molecule has 0 aliphatic carbocycles. The lowest BCUT2D eigenvalue weighted by Crippen LogP contribution is -2.00. The van der Waals surface area contributed by atoms with Crippen LogP contribution in [-0.2, 0) is 6.42 Å². The van der Waals surface area contributed by atoms with Gasteiger partial charge in [-0.15, -0.1) is 0 Å². The Morgan fingerprint density at radius 1 is 1.43 bits per heavy atom. The highest BCUT2D eigenvalue weighted by atomic mass is 16.4. The number of carboxylic acids is 1. The van der Waals surface area contributed by atoms with Gasteiger partial charge in [-0.1, -0.05) is 25.5 Å². The average molecular weight is 192 g/mol. The van der Waals surface area contributed by atoms with Crippen molar-refractivity contribution in [3.63, 3.8) is 0 Å². The first-order valence-electron chi connectivity index (χ1n) is 4.98. The van der Waals surface area contributed by atoms with E-state index in [1.165, 1.54) is 0 Å². The summed E-state index contributed by atoms with van der Waals surface area (Å²) in [7, 11) is 0. The number of carboxylic acid groups (broad SMARTS) is 1. The van der Waals surface area contributed by atoms with Crippen LogP contribution in [0.15, 0.2) is 18.2 Å². The van der Waals surface area contributed by atoms with Gasteiger partial charge in [0.2, 0.25) is 0 Å². The normalized spacial score (nSPS) is 10.1. The van der Waals surface area contributed by atoms with E-state index in [4.69, 9.17) is 5.11 Å². The molecule has 0 radical (unpaired) electrons. The van der Waals surface area contributed by atoms with Crippen LogP contribution in [-0.4, -0.2) is 11.1 Å². The van der Waals surface area contributed by atoms with E-state index in [9.17, 15) is 4.79 Å². The molecule has 0 aliphatic rings. The minimum atomic E-state index is -0.833. The molecule has 1 N–H and O–H groups in total. The maximum atomic E-state index is 10.8. The van der Waals surface area contributed by atoms with Crippen molar-refractivity contribution in [1.82, 2.24) is 0 Å². The molecule has 2 heteroatoms. The maximum Gasteiger partial charge on any atom is 0.335 e. The third-order valence-corrected chi connectivity index (χ3v) is 2.35. The smallest absolute Gasteiger partial charge is 0.335 e. The Balaban J connectivity index is 2.89. The minimum Gasteiger partial charge on any atom is -0.478 e. The summed E-state index contributed by atoms with van der Waals surface area (Å²) < 4.78 is 0. The zero-order valence-corrected chi connectivity index (χ0v) is 8.71. The van der Waals surface area contributed by atoms with Gasteiger partial charge in [-0.25, -0.2) is 4.79 Å². The molecule has 2 nitrogen and oxygen atoms in total. The molecule has 0 aliphatic heterocycles. The summed E-state index contributed by atoms with van der Waals surface area (Å²) >= 11 is 0. The SMILES string of the molecule is CCCCc1ccc(C)c(C(=O)O)c1. The Morgan fingerprint density at radius 2 is 2.14 bits per heavy atom. The van der Waals surface area contributed by atoms with Gasteiger partial charge in [-0.3, -0.25) is 0 Å². The van der Waals surface area contributed by atoms with Gasteiger partial charge in [0.25, 0.3) is 0 Å². The Morgan fingerprint density at radius 3 is 2.71 bits per heavy atom. The van der Waals surface area contributed by atoms with E-state index in [1.54, 1.807) is 6.07 Å². The molecule has 14 heavy (non-hydrogen) atoms. The Bertz CT molecular complexity index is 329. The van der Waals surface area contributed by atoms with E-state index in [0.29, 0.717) is 5.56 Å². The summed E-state index contributed by atoms with van der Waals surface area (Å²) in [6, 6.07) is 5.68. The maximum absolute atomic E-state index is 10.8. The highest BCUT2D eigenvalue weighted by molar-refractivity contribution is 5.89. The number of benzene rings is 1. The van der Waals surface area contributed by atoms with Gasteiger partial charge in [-0.2, -0.15) is 0 Å². The van der Waals surface area contributed by atoms with Crippen LogP contribution in [0.5, 0.6) is 0 Å². The van der Waals surface area contributed by atoms with E-state index in [-0.39, 0.29) is 0 Å². The Kier molecular flexibility index (Phi) is 3.69. The highest BCUT2D eigenvalue weighted by Crippen LogP contribution is 2.13. The van der Waals surface area contributed by atoms with Crippen molar-refractivity contribution >= 4 is 5.97 Å². The molecule has 76 valence electrons. The number of hydrogen-bond donors (Lipinski definition) is 1. The predicted octanol–water partition coefficient (Wildman–Crippen LogP) is 3.04. The zero-order valence-electron chi connectivity index (χ0n) is 8.71. The molecule has 0 saturated heterocycles. The molecule has 0 amide bonds. The van der Waals surface area contributed by atoms with E-state index in [2.05, 4.69) is 6.92 Å². The van der Waals surface area contributed by atoms with Gasteiger partial charge >= 0.3 is 5.97 Å². The molecule has 0 bridgehead atoms. The topological polar surface area (TPSA) is 37.3 Å². The van der Waals surface area contributed by atoms with E-state index in [0.717, 1.165) is 30.4 Å². The molecular weight excluding hydrogens is 176 g/mol. The van der Waals surface area contributed by atoms with Crippen molar-refractivity contribution in [2.45, 2.75) is 33.1 Å². The van der Waals surface area contributed by atoms with Gasteiger partial charge in [-0.05, 0) is 37.0 Å². The standard InChI is InChI=1S/C12H16O2/c1-3-4-5-10-7-6-9(2)11(8-10)12(13)14/h6-8H,3-5H2,1-2H3,(H,13,14). The lowest BCUT2D eigenvalue weighted by atomic mass is 10.0. The number of rotatable bonds is 4. The van der Waals surface area contributed by atoms with Crippen LogP contribution in [0.2, 0.25) is 0 Å². The van der Waals surface area contributed by atoms with Crippen molar-refractivity contribution in [2.75, 3.05) is 0 Å². The van der Waals surface area contributed by atoms with Crippen LogP contribution in [0.4, 0.5) is 0 Å². The Labute approximate surface area is 84.6 Å². The Hall–Kier alpha value is -1.31. The van der Waals surface area contributed by atoms with Gasteiger partial charge < -0.3 is 5.11 Å². The van der Waals surface area contributed by atoms with Gasteiger partial charge in [0.05, 0.1) is 5.56 Å². The minimum absolute atomic E-state index is 0.429. The van der Waals surface area contributed by atoms with Gasteiger partial charge in [0.1, 0.15) is 0 Å². The lowest BCUT2D eigenvalue weighted by Gasteiger charge is -2.04. The fraction of sp³-hybridized carbons (Fsp3) is 0.417. The van der Waals surface area contributed by atoms with Crippen LogP contribution in [0.3, 0.4) is 0 Å². The molecular formula is C12H16O2. The molecule has 0 fully saturated rings. The van der Waals surface area contributed by atoms with E-state index in [1.807, 2.05) is 19.1 Å². The van der Waals surface area contributed by atoms with Gasteiger partial charge in [0.15, 0.2) is 0 Å². The highest BCUT2D eigenvalue weighted by Gasteiger charge is 2.07. The summed E-state index contributed by atoms with van der Waals surface area (Å²) in [5.41, 5.74) is 2.38. The average Bonchev–Trinajstić information content (AvgIpc) is 2.16. The van der Waals surface area contributed by atoms with Crippen molar-refractivity contribution in [2.24, 2.45) is 0 Å². The van der Waals surface area contributed by atoms with Crippen LogP contribution in [0, 0.1) is 6.92 Å². The number of hydrogen-bond acceptors (Lipinski definition) is 1. The number of carbonyl (C=O) groups is 1. The fourth-order valence-electron chi connectivity index (χ4n) is 1.44. The van der Waals surface area contributed by atoms with Crippen LogP contribution in [0.1, 0.15) is 41.3 Å². The van der Waals surface area contributed by atoms with Crippen LogP contribution in [0.25, 0.3) is 0 Å². The molecule has 0 heterocycles. The quantitative estimate of drug-likeness (QED) is 0.796. The molecule has 0 spiro atoms. The van der Waals surface area contributed by atoms with E-state index < -0.39 is 5.97 Å². The summed E-state index contributed by atoms with van der Waals surface area (Å²) in [6.07, 6.45) is 3.22. The second-order valence-electron chi connectivity index (χ2n) is 3.56. The summed E-state index contributed by atoms with van der Waals surface area (Å²) in [6.45, 7) is 3.96. The van der Waals surface area contributed by atoms with Crippen molar-refractivity contribution < 1.29 is 9.90 Å². The molecule has 1 aromatic carbocycles. The van der Waals surface area contributed by atoms with Crippen LogP contribution < -0.4 is 0 Å². The molecule has 0 aromatic heterocycles.